The summed E-state index contributed by atoms with van der Waals surface area (Å²) in [4.78, 5) is 11.5. The first-order valence-corrected chi connectivity index (χ1v) is 5.31. The van der Waals surface area contributed by atoms with Crippen molar-refractivity contribution >= 4 is 5.91 Å². The van der Waals surface area contributed by atoms with Crippen LogP contribution in [0.15, 0.2) is 0 Å². The number of nitrogens with two attached hydrogens (primary N) is 1. The zero-order valence-corrected chi connectivity index (χ0v) is 8.58. The maximum absolute atomic E-state index is 11.5. The summed E-state index contributed by atoms with van der Waals surface area (Å²) in [6, 6.07) is 0. The molecule has 4 heteroatoms. The number of amides is 1. The van der Waals surface area contributed by atoms with Gasteiger partial charge in [-0.15, -0.1) is 0 Å². The van der Waals surface area contributed by atoms with Gasteiger partial charge in [0.15, 0.2) is 0 Å². The van der Waals surface area contributed by atoms with Crippen LogP contribution in [0.25, 0.3) is 0 Å². The van der Waals surface area contributed by atoms with E-state index in [2.05, 4.69) is 12.2 Å². The highest BCUT2D eigenvalue weighted by atomic mass is 16.5. The average Bonchev–Trinajstić information content (AvgIpc) is 2.77. The second kappa shape index (κ2) is 3.51. The van der Waals surface area contributed by atoms with Crippen LogP contribution in [0.5, 0.6) is 0 Å². The minimum atomic E-state index is -0.539. The molecule has 2 aliphatic rings. The number of nitrogens with one attached hydrogen (secondary N) is 1. The molecule has 1 saturated carbocycles. The van der Waals surface area contributed by atoms with Crippen molar-refractivity contribution in [2.75, 3.05) is 13.2 Å². The van der Waals surface area contributed by atoms with Gasteiger partial charge < -0.3 is 15.8 Å². The van der Waals surface area contributed by atoms with E-state index in [0.717, 1.165) is 25.9 Å². The molecular formula is C10H18N2O2. The fourth-order valence-electron chi connectivity index (χ4n) is 1.81. The van der Waals surface area contributed by atoms with E-state index in [1.54, 1.807) is 0 Å². The standard InChI is InChI=1S/C10H18N2O2/c1-7-8(2-5-14-7)6-12-9(13)10(11)3-4-10/h7-8H,2-6,11H2,1H3,(H,12,13). The average molecular weight is 198 g/mol. The Balaban J connectivity index is 1.74. The van der Waals surface area contributed by atoms with E-state index in [9.17, 15) is 4.79 Å². The Hall–Kier alpha value is -0.610. The third kappa shape index (κ3) is 1.91. The van der Waals surface area contributed by atoms with Crippen molar-refractivity contribution in [3.05, 3.63) is 0 Å². The van der Waals surface area contributed by atoms with Gasteiger partial charge in [-0.25, -0.2) is 0 Å². The molecule has 1 heterocycles. The lowest BCUT2D eigenvalue weighted by atomic mass is 10.0. The van der Waals surface area contributed by atoms with Gasteiger partial charge >= 0.3 is 0 Å². The highest BCUT2D eigenvalue weighted by molar-refractivity contribution is 5.88. The lowest BCUT2D eigenvalue weighted by Gasteiger charge is -2.16. The molecule has 14 heavy (non-hydrogen) atoms. The van der Waals surface area contributed by atoms with Crippen molar-refractivity contribution in [2.24, 2.45) is 11.7 Å². The number of hydrogen-bond acceptors (Lipinski definition) is 3. The maximum atomic E-state index is 11.5. The van der Waals surface area contributed by atoms with E-state index in [4.69, 9.17) is 10.5 Å². The lowest BCUT2D eigenvalue weighted by Crippen LogP contribution is -2.44. The monoisotopic (exact) mass is 198 g/mol. The van der Waals surface area contributed by atoms with Crippen LogP contribution in [-0.2, 0) is 9.53 Å². The van der Waals surface area contributed by atoms with E-state index < -0.39 is 5.54 Å². The van der Waals surface area contributed by atoms with Gasteiger partial charge in [-0.2, -0.15) is 0 Å². The fraction of sp³-hybridized carbons (Fsp3) is 0.900. The van der Waals surface area contributed by atoms with E-state index >= 15 is 0 Å². The summed E-state index contributed by atoms with van der Waals surface area (Å²) in [6.07, 6.45) is 2.97. The van der Waals surface area contributed by atoms with Gasteiger partial charge in [-0.05, 0) is 26.2 Å². The third-order valence-electron chi connectivity index (χ3n) is 3.30. The van der Waals surface area contributed by atoms with Crippen LogP contribution in [0.2, 0.25) is 0 Å². The molecule has 0 aromatic carbocycles. The van der Waals surface area contributed by atoms with Crippen molar-refractivity contribution in [1.82, 2.24) is 5.32 Å². The number of carbonyl (C=O) groups excluding carboxylic acids is 1. The summed E-state index contributed by atoms with van der Waals surface area (Å²) in [7, 11) is 0. The van der Waals surface area contributed by atoms with Crippen LogP contribution in [0, 0.1) is 5.92 Å². The summed E-state index contributed by atoms with van der Waals surface area (Å²) in [5, 5.41) is 2.91. The van der Waals surface area contributed by atoms with Gasteiger partial charge in [0.25, 0.3) is 0 Å². The van der Waals surface area contributed by atoms with Crippen LogP contribution in [0.3, 0.4) is 0 Å². The molecule has 3 N–H and O–H groups in total. The molecule has 1 aliphatic carbocycles. The summed E-state index contributed by atoms with van der Waals surface area (Å²) in [6.45, 7) is 3.58. The van der Waals surface area contributed by atoms with Crippen molar-refractivity contribution in [1.29, 1.82) is 0 Å². The van der Waals surface area contributed by atoms with Crippen LogP contribution in [-0.4, -0.2) is 30.7 Å². The zero-order chi connectivity index (χ0) is 10.2. The van der Waals surface area contributed by atoms with Crippen molar-refractivity contribution in [3.63, 3.8) is 0 Å². The summed E-state index contributed by atoms with van der Waals surface area (Å²) >= 11 is 0. The molecule has 2 rings (SSSR count). The highest BCUT2D eigenvalue weighted by Gasteiger charge is 2.46. The molecule has 1 aliphatic heterocycles. The minimum absolute atomic E-state index is 0.0107. The molecular weight excluding hydrogens is 180 g/mol. The Morgan fingerprint density at radius 1 is 1.64 bits per heavy atom. The fourth-order valence-corrected chi connectivity index (χ4v) is 1.81. The number of hydrogen-bond donors (Lipinski definition) is 2. The minimum Gasteiger partial charge on any atom is -0.378 e. The Morgan fingerprint density at radius 3 is 2.86 bits per heavy atom. The molecule has 0 bridgehead atoms. The number of carbonyl (C=O) groups is 1. The summed E-state index contributed by atoms with van der Waals surface area (Å²) in [5.74, 6) is 0.470. The normalized spacial score (nSPS) is 34.1. The van der Waals surface area contributed by atoms with Crippen LogP contribution < -0.4 is 11.1 Å². The van der Waals surface area contributed by atoms with E-state index in [1.165, 1.54) is 0 Å². The largest absolute Gasteiger partial charge is 0.378 e. The first-order chi connectivity index (χ1) is 6.62. The second-order valence-corrected chi connectivity index (χ2v) is 4.49. The molecule has 0 aromatic heterocycles. The van der Waals surface area contributed by atoms with Gasteiger partial charge in [-0.1, -0.05) is 0 Å². The molecule has 0 spiro atoms. The molecule has 0 aromatic rings. The van der Waals surface area contributed by atoms with Gasteiger partial charge in [0.1, 0.15) is 0 Å². The predicted molar refractivity (Wildman–Crippen MR) is 52.7 cm³/mol. The van der Waals surface area contributed by atoms with Crippen LogP contribution in [0.4, 0.5) is 0 Å². The van der Waals surface area contributed by atoms with Gasteiger partial charge in [0, 0.05) is 19.1 Å². The molecule has 80 valence electrons. The highest BCUT2D eigenvalue weighted by Crippen LogP contribution is 2.32. The summed E-state index contributed by atoms with van der Waals surface area (Å²) in [5.41, 5.74) is 5.23. The van der Waals surface area contributed by atoms with Gasteiger partial charge in [-0.3, -0.25) is 4.79 Å². The van der Waals surface area contributed by atoms with Crippen LogP contribution in [0.1, 0.15) is 26.2 Å². The van der Waals surface area contributed by atoms with Crippen LogP contribution >= 0.6 is 0 Å². The lowest BCUT2D eigenvalue weighted by molar-refractivity contribution is -0.123. The molecule has 2 atom stereocenters. The van der Waals surface area contributed by atoms with Crippen molar-refractivity contribution in [3.8, 4) is 0 Å². The van der Waals surface area contributed by atoms with Gasteiger partial charge in [0.2, 0.25) is 5.91 Å². The Labute approximate surface area is 84.2 Å². The third-order valence-corrected chi connectivity index (χ3v) is 3.30. The Bertz CT molecular complexity index is 238. The Kier molecular flexibility index (Phi) is 2.49. The van der Waals surface area contributed by atoms with Gasteiger partial charge in [0.05, 0.1) is 11.6 Å². The first kappa shape index (κ1) is 9.93. The SMILES string of the molecule is CC1OCCC1CNC(=O)C1(N)CC1. The maximum Gasteiger partial charge on any atom is 0.240 e. The quantitative estimate of drug-likeness (QED) is 0.672. The Morgan fingerprint density at radius 2 is 2.36 bits per heavy atom. The van der Waals surface area contributed by atoms with E-state index in [0.29, 0.717) is 12.5 Å². The smallest absolute Gasteiger partial charge is 0.240 e. The topological polar surface area (TPSA) is 64.3 Å². The number of rotatable bonds is 3. The molecule has 1 amide bonds. The number of ether oxygens (including phenoxy) is 1. The molecule has 4 nitrogen and oxygen atoms in total. The van der Waals surface area contributed by atoms with E-state index in [-0.39, 0.29) is 12.0 Å². The first-order valence-electron chi connectivity index (χ1n) is 5.31. The zero-order valence-electron chi connectivity index (χ0n) is 8.58. The molecule has 1 saturated heterocycles. The van der Waals surface area contributed by atoms with E-state index in [1.807, 2.05) is 0 Å². The molecule has 0 radical (unpaired) electrons. The molecule has 2 unspecified atom stereocenters. The molecule has 2 fully saturated rings. The predicted octanol–water partition coefficient (Wildman–Crippen LogP) is 0.0189. The second-order valence-electron chi connectivity index (χ2n) is 4.49. The van der Waals surface area contributed by atoms with Crippen molar-refractivity contribution in [2.45, 2.75) is 37.8 Å². The van der Waals surface area contributed by atoms with Crippen molar-refractivity contribution < 1.29 is 9.53 Å². The summed E-state index contributed by atoms with van der Waals surface area (Å²) < 4.78 is 5.42.